The Kier molecular flexibility index (Phi) is 4.45. The smallest absolute Gasteiger partial charge is 0.255 e. The van der Waals surface area contributed by atoms with Crippen molar-refractivity contribution in [3.05, 3.63) is 59.7 Å². The molecule has 0 saturated heterocycles. The predicted octanol–water partition coefficient (Wildman–Crippen LogP) is 5.40. The summed E-state index contributed by atoms with van der Waals surface area (Å²) < 4.78 is 0. The van der Waals surface area contributed by atoms with E-state index < -0.39 is 0 Å². The molecule has 2 aromatic rings. The molecule has 4 saturated carbocycles. The van der Waals surface area contributed by atoms with Crippen LogP contribution in [-0.4, -0.2) is 11.8 Å². The fourth-order valence-electron chi connectivity index (χ4n) is 6.32. The quantitative estimate of drug-likeness (QED) is 0.736. The Morgan fingerprint density at radius 2 is 1.41 bits per heavy atom. The number of anilines is 2. The number of nitrogens with one attached hydrogen (secondary N) is 2. The first-order valence-electron chi connectivity index (χ1n) is 10.8. The molecule has 2 aromatic carbocycles. The summed E-state index contributed by atoms with van der Waals surface area (Å²) in [7, 11) is 0. The van der Waals surface area contributed by atoms with Crippen molar-refractivity contribution in [3.8, 4) is 0 Å². The molecule has 150 valence electrons. The van der Waals surface area contributed by atoms with E-state index in [9.17, 15) is 9.59 Å². The summed E-state index contributed by atoms with van der Waals surface area (Å²) in [5.74, 6) is 2.20. The zero-order valence-corrected chi connectivity index (χ0v) is 16.9. The zero-order valence-electron chi connectivity index (χ0n) is 16.9. The number of hydrogen-bond acceptors (Lipinski definition) is 2. The van der Waals surface area contributed by atoms with E-state index in [0.717, 1.165) is 48.3 Å². The minimum Gasteiger partial charge on any atom is -0.326 e. The Bertz CT molecular complexity index is 930. The SMILES string of the molecule is Cc1cccc(NC(=O)c2cccc(NC(=O)C34CC5CC(CC(C5)C3)C4)c2)c1. The lowest BCUT2D eigenvalue weighted by Gasteiger charge is -2.55. The third-order valence-electron chi connectivity index (χ3n) is 7.18. The van der Waals surface area contributed by atoms with Crippen LogP contribution in [0, 0.1) is 30.1 Å². The lowest BCUT2D eigenvalue weighted by Crippen LogP contribution is -2.51. The van der Waals surface area contributed by atoms with Gasteiger partial charge in [0.1, 0.15) is 0 Å². The largest absolute Gasteiger partial charge is 0.326 e. The van der Waals surface area contributed by atoms with Crippen molar-refractivity contribution in [1.82, 2.24) is 0 Å². The van der Waals surface area contributed by atoms with Gasteiger partial charge in [-0.1, -0.05) is 18.2 Å². The fourth-order valence-corrected chi connectivity index (χ4v) is 6.32. The Labute approximate surface area is 172 Å². The van der Waals surface area contributed by atoms with Crippen LogP contribution in [0.2, 0.25) is 0 Å². The van der Waals surface area contributed by atoms with E-state index in [2.05, 4.69) is 10.6 Å². The summed E-state index contributed by atoms with van der Waals surface area (Å²) in [5, 5.41) is 6.08. The van der Waals surface area contributed by atoms with Gasteiger partial charge in [-0.05, 0) is 99.1 Å². The third-order valence-corrected chi connectivity index (χ3v) is 7.18. The van der Waals surface area contributed by atoms with E-state index in [1.54, 1.807) is 12.1 Å². The third kappa shape index (κ3) is 3.57. The highest BCUT2D eigenvalue weighted by Gasteiger charge is 2.54. The number of amides is 2. The van der Waals surface area contributed by atoms with Crippen LogP contribution in [0.1, 0.15) is 54.4 Å². The second-order valence-corrected chi connectivity index (χ2v) is 9.56. The average Bonchev–Trinajstić information content (AvgIpc) is 2.67. The van der Waals surface area contributed by atoms with Gasteiger partial charge in [-0.15, -0.1) is 0 Å². The van der Waals surface area contributed by atoms with Crippen LogP contribution in [-0.2, 0) is 4.79 Å². The maximum absolute atomic E-state index is 13.3. The van der Waals surface area contributed by atoms with Crippen molar-refractivity contribution in [2.45, 2.75) is 45.4 Å². The lowest BCUT2D eigenvalue weighted by molar-refractivity contribution is -0.140. The Morgan fingerprint density at radius 3 is 2.03 bits per heavy atom. The first kappa shape index (κ1) is 18.4. The van der Waals surface area contributed by atoms with Crippen molar-refractivity contribution >= 4 is 23.2 Å². The number of rotatable bonds is 4. The molecule has 29 heavy (non-hydrogen) atoms. The second-order valence-electron chi connectivity index (χ2n) is 9.56. The van der Waals surface area contributed by atoms with Gasteiger partial charge in [-0.25, -0.2) is 0 Å². The summed E-state index contributed by atoms with van der Waals surface area (Å²) in [6, 6.07) is 15.0. The molecule has 2 amide bonds. The average molecular weight is 389 g/mol. The van der Waals surface area contributed by atoms with E-state index in [0.29, 0.717) is 11.3 Å². The van der Waals surface area contributed by atoms with Gasteiger partial charge in [-0.2, -0.15) is 0 Å². The molecule has 2 N–H and O–H groups in total. The number of benzene rings is 2. The lowest BCUT2D eigenvalue weighted by atomic mass is 9.49. The van der Waals surface area contributed by atoms with E-state index in [4.69, 9.17) is 0 Å². The van der Waals surface area contributed by atoms with Crippen LogP contribution >= 0.6 is 0 Å². The van der Waals surface area contributed by atoms with Crippen LogP contribution in [0.3, 0.4) is 0 Å². The topological polar surface area (TPSA) is 58.2 Å². The van der Waals surface area contributed by atoms with Crippen LogP contribution in [0.15, 0.2) is 48.5 Å². The van der Waals surface area contributed by atoms with Crippen molar-refractivity contribution in [2.24, 2.45) is 23.2 Å². The predicted molar refractivity (Wildman–Crippen MR) is 115 cm³/mol. The van der Waals surface area contributed by atoms with Gasteiger partial charge in [0.05, 0.1) is 5.41 Å². The van der Waals surface area contributed by atoms with Crippen molar-refractivity contribution in [2.75, 3.05) is 10.6 Å². The van der Waals surface area contributed by atoms with Gasteiger partial charge in [0.15, 0.2) is 0 Å². The molecule has 4 fully saturated rings. The van der Waals surface area contributed by atoms with E-state index in [1.807, 2.05) is 43.3 Å². The molecule has 4 heteroatoms. The molecule has 4 nitrogen and oxygen atoms in total. The van der Waals surface area contributed by atoms with Gasteiger partial charge in [0.25, 0.3) is 5.91 Å². The fraction of sp³-hybridized carbons (Fsp3) is 0.440. The summed E-state index contributed by atoms with van der Waals surface area (Å²) in [6.45, 7) is 2.00. The maximum atomic E-state index is 13.3. The first-order valence-corrected chi connectivity index (χ1v) is 10.8. The second kappa shape index (κ2) is 7.01. The minimum absolute atomic E-state index is 0.160. The van der Waals surface area contributed by atoms with Crippen molar-refractivity contribution in [3.63, 3.8) is 0 Å². The molecule has 0 unspecified atom stereocenters. The molecule has 6 rings (SSSR count). The van der Waals surface area contributed by atoms with E-state index in [1.165, 1.54) is 19.3 Å². The number of carbonyl (C=O) groups excluding carboxylic acids is 2. The van der Waals surface area contributed by atoms with Gasteiger partial charge in [-0.3, -0.25) is 9.59 Å². The van der Waals surface area contributed by atoms with Crippen LogP contribution in [0.25, 0.3) is 0 Å². The monoisotopic (exact) mass is 388 g/mol. The van der Waals surface area contributed by atoms with Gasteiger partial charge in [0, 0.05) is 16.9 Å². The van der Waals surface area contributed by atoms with Gasteiger partial charge >= 0.3 is 0 Å². The van der Waals surface area contributed by atoms with Crippen LogP contribution in [0.4, 0.5) is 11.4 Å². The molecule has 0 aliphatic heterocycles. The molecular formula is C25H28N2O2. The molecule has 0 radical (unpaired) electrons. The summed E-state index contributed by atoms with van der Waals surface area (Å²) in [5.41, 5.74) is 2.95. The Balaban J connectivity index is 1.30. The molecule has 0 aromatic heterocycles. The number of carbonyl (C=O) groups is 2. The summed E-state index contributed by atoms with van der Waals surface area (Å²) in [6.07, 6.45) is 7.08. The van der Waals surface area contributed by atoms with Gasteiger partial charge < -0.3 is 10.6 Å². The standard InChI is InChI=1S/C25H28N2O2/c1-16-4-2-6-21(8-16)26-23(28)20-5-3-7-22(12-20)27-24(29)25-13-17-9-18(14-25)11-19(10-17)15-25/h2-8,12,17-19H,9-11,13-15H2,1H3,(H,26,28)(H,27,29). The number of hydrogen-bond donors (Lipinski definition) is 2. The highest BCUT2D eigenvalue weighted by atomic mass is 16.2. The molecule has 0 atom stereocenters. The molecular weight excluding hydrogens is 360 g/mol. The minimum atomic E-state index is -0.186. The molecule has 4 aliphatic rings. The molecule has 0 heterocycles. The van der Waals surface area contributed by atoms with Crippen LogP contribution in [0.5, 0.6) is 0 Å². The number of aryl methyl sites for hydroxylation is 1. The normalized spacial score (nSPS) is 29.5. The van der Waals surface area contributed by atoms with E-state index in [-0.39, 0.29) is 17.2 Å². The van der Waals surface area contributed by atoms with E-state index >= 15 is 0 Å². The van der Waals surface area contributed by atoms with Crippen molar-refractivity contribution < 1.29 is 9.59 Å². The highest BCUT2D eigenvalue weighted by Crippen LogP contribution is 2.60. The molecule has 4 bridgehead atoms. The Hall–Kier alpha value is -2.62. The van der Waals surface area contributed by atoms with Crippen LogP contribution < -0.4 is 10.6 Å². The van der Waals surface area contributed by atoms with Gasteiger partial charge in [0.2, 0.25) is 5.91 Å². The summed E-state index contributed by atoms with van der Waals surface area (Å²) >= 11 is 0. The summed E-state index contributed by atoms with van der Waals surface area (Å²) in [4.78, 5) is 25.9. The first-order chi connectivity index (χ1) is 14.0. The molecule has 0 spiro atoms. The zero-order chi connectivity index (χ0) is 20.0. The molecule has 4 aliphatic carbocycles. The Morgan fingerprint density at radius 1 is 0.828 bits per heavy atom. The maximum Gasteiger partial charge on any atom is 0.255 e. The highest BCUT2D eigenvalue weighted by molar-refractivity contribution is 6.05. The van der Waals surface area contributed by atoms with Crippen molar-refractivity contribution in [1.29, 1.82) is 0 Å².